The molecule has 3 heteroatoms. The van der Waals surface area contributed by atoms with Crippen LogP contribution in [0.4, 0.5) is 10.1 Å². The normalized spacial score (nSPS) is 14.9. The highest BCUT2D eigenvalue weighted by atomic mass is 19.1. The maximum Gasteiger partial charge on any atom is 0.146 e. The van der Waals surface area contributed by atoms with E-state index in [4.69, 9.17) is 0 Å². The van der Waals surface area contributed by atoms with Gasteiger partial charge in [0.25, 0.3) is 0 Å². The highest BCUT2D eigenvalue weighted by molar-refractivity contribution is 5.45. The molecule has 20 heavy (non-hydrogen) atoms. The van der Waals surface area contributed by atoms with Crippen molar-refractivity contribution in [1.82, 2.24) is 0 Å². The van der Waals surface area contributed by atoms with Gasteiger partial charge in [-0.3, -0.25) is 0 Å². The number of hydrogen-bond acceptors (Lipinski definition) is 2. The van der Waals surface area contributed by atoms with Gasteiger partial charge < -0.3 is 10.4 Å². The maximum atomic E-state index is 13.5. The number of aliphatic hydroxyl groups excluding tert-OH is 1. The zero-order chi connectivity index (χ0) is 13.9. The monoisotopic (exact) mass is 271 g/mol. The fourth-order valence-electron chi connectivity index (χ4n) is 2.73. The quantitative estimate of drug-likeness (QED) is 0.892. The molecule has 0 aromatic heterocycles. The van der Waals surface area contributed by atoms with Gasteiger partial charge in [0.05, 0.1) is 11.8 Å². The Bertz CT molecular complexity index is 612. The van der Waals surface area contributed by atoms with Gasteiger partial charge >= 0.3 is 0 Å². The van der Waals surface area contributed by atoms with Crippen molar-refractivity contribution in [3.63, 3.8) is 0 Å². The Kier molecular flexibility index (Phi) is 3.70. The summed E-state index contributed by atoms with van der Waals surface area (Å²) in [5.41, 5.74) is 4.05. The van der Waals surface area contributed by atoms with Crippen LogP contribution in [0.25, 0.3) is 0 Å². The van der Waals surface area contributed by atoms with E-state index in [0.29, 0.717) is 12.2 Å². The second-order valence-corrected chi connectivity index (χ2v) is 5.26. The van der Waals surface area contributed by atoms with E-state index in [0.717, 1.165) is 18.4 Å². The molecule has 1 atom stereocenters. The first-order chi connectivity index (χ1) is 9.74. The predicted octanol–water partition coefficient (Wildman–Crippen LogP) is 3.46. The summed E-state index contributed by atoms with van der Waals surface area (Å²) in [6, 6.07) is 12.7. The number of rotatable bonds is 4. The summed E-state index contributed by atoms with van der Waals surface area (Å²) in [7, 11) is 0. The van der Waals surface area contributed by atoms with Gasteiger partial charge in [0.1, 0.15) is 5.82 Å². The van der Waals surface area contributed by atoms with Crippen LogP contribution >= 0.6 is 0 Å². The lowest BCUT2D eigenvalue weighted by Gasteiger charge is -2.14. The summed E-state index contributed by atoms with van der Waals surface area (Å²) in [4.78, 5) is 0. The zero-order valence-corrected chi connectivity index (χ0v) is 11.3. The molecule has 0 fully saturated rings. The van der Waals surface area contributed by atoms with Crippen molar-refractivity contribution in [3.8, 4) is 0 Å². The van der Waals surface area contributed by atoms with Crippen molar-refractivity contribution in [2.75, 3.05) is 11.9 Å². The van der Waals surface area contributed by atoms with E-state index < -0.39 is 6.10 Å². The lowest BCUT2D eigenvalue weighted by atomic mass is 10.0. The van der Waals surface area contributed by atoms with Gasteiger partial charge in [-0.2, -0.15) is 0 Å². The standard InChI is InChI=1S/C17H18FNO/c18-15-6-1-2-7-16(15)19-11-17(20)14-9-8-12-4-3-5-13(12)10-14/h1-2,6-10,17,19-20H,3-5,11H2. The Morgan fingerprint density at radius 3 is 2.75 bits per heavy atom. The number of benzene rings is 2. The molecule has 2 aromatic carbocycles. The highest BCUT2D eigenvalue weighted by Gasteiger charge is 2.14. The molecule has 1 aliphatic rings. The summed E-state index contributed by atoms with van der Waals surface area (Å²) in [5.74, 6) is -0.298. The van der Waals surface area contributed by atoms with E-state index in [1.807, 2.05) is 6.07 Å². The Balaban J connectivity index is 1.67. The van der Waals surface area contributed by atoms with E-state index in [2.05, 4.69) is 17.4 Å². The smallest absolute Gasteiger partial charge is 0.146 e. The summed E-state index contributed by atoms with van der Waals surface area (Å²) >= 11 is 0. The molecule has 0 aliphatic heterocycles. The molecule has 3 rings (SSSR count). The van der Waals surface area contributed by atoms with Crippen LogP contribution in [0.2, 0.25) is 0 Å². The van der Waals surface area contributed by atoms with Crippen LogP contribution in [0.5, 0.6) is 0 Å². The number of para-hydroxylation sites is 1. The third-order valence-electron chi connectivity index (χ3n) is 3.87. The third-order valence-corrected chi connectivity index (χ3v) is 3.87. The van der Waals surface area contributed by atoms with Crippen molar-refractivity contribution >= 4 is 5.69 Å². The lowest BCUT2D eigenvalue weighted by molar-refractivity contribution is 0.191. The molecule has 1 aliphatic carbocycles. The van der Waals surface area contributed by atoms with E-state index in [1.54, 1.807) is 18.2 Å². The van der Waals surface area contributed by atoms with Gasteiger partial charge in [-0.1, -0.05) is 30.3 Å². The molecule has 2 N–H and O–H groups in total. The van der Waals surface area contributed by atoms with Gasteiger partial charge in [0.15, 0.2) is 0 Å². The molecule has 0 saturated carbocycles. The summed E-state index contributed by atoms with van der Waals surface area (Å²) < 4.78 is 13.5. The zero-order valence-electron chi connectivity index (χ0n) is 11.3. The van der Waals surface area contributed by atoms with Crippen LogP contribution in [0.15, 0.2) is 42.5 Å². The van der Waals surface area contributed by atoms with Crippen LogP contribution in [-0.2, 0) is 12.8 Å². The molecule has 0 radical (unpaired) electrons. The van der Waals surface area contributed by atoms with Gasteiger partial charge in [-0.25, -0.2) is 4.39 Å². The fraction of sp³-hybridized carbons (Fsp3) is 0.294. The number of aliphatic hydroxyl groups is 1. The molecule has 2 aromatic rings. The molecule has 2 nitrogen and oxygen atoms in total. The Morgan fingerprint density at radius 2 is 1.90 bits per heavy atom. The van der Waals surface area contributed by atoms with E-state index in [1.165, 1.54) is 23.6 Å². The SMILES string of the molecule is OC(CNc1ccccc1F)c1ccc2c(c1)CCC2. The third kappa shape index (κ3) is 2.68. The molecule has 1 unspecified atom stereocenters. The van der Waals surface area contributed by atoms with Gasteiger partial charge in [-0.05, 0) is 48.1 Å². The average Bonchev–Trinajstić information content (AvgIpc) is 2.93. The molecule has 0 spiro atoms. The first-order valence-corrected chi connectivity index (χ1v) is 7.02. The fourth-order valence-corrected chi connectivity index (χ4v) is 2.73. The highest BCUT2D eigenvalue weighted by Crippen LogP contribution is 2.25. The summed E-state index contributed by atoms with van der Waals surface area (Å²) in [5, 5.41) is 13.2. The minimum Gasteiger partial charge on any atom is -0.387 e. The van der Waals surface area contributed by atoms with Crippen molar-refractivity contribution in [3.05, 3.63) is 65.0 Å². The Morgan fingerprint density at radius 1 is 1.10 bits per heavy atom. The lowest BCUT2D eigenvalue weighted by Crippen LogP contribution is -2.13. The first kappa shape index (κ1) is 13.1. The largest absolute Gasteiger partial charge is 0.387 e. The predicted molar refractivity (Wildman–Crippen MR) is 78.3 cm³/mol. The van der Waals surface area contributed by atoms with Crippen LogP contribution in [-0.4, -0.2) is 11.7 Å². The van der Waals surface area contributed by atoms with Crippen LogP contribution in [0.3, 0.4) is 0 Å². The molecule has 0 bridgehead atoms. The minimum absolute atomic E-state index is 0.298. The molecule has 0 saturated heterocycles. The van der Waals surface area contributed by atoms with Crippen molar-refractivity contribution in [1.29, 1.82) is 0 Å². The molecular formula is C17H18FNO. The minimum atomic E-state index is -0.625. The summed E-state index contributed by atoms with van der Waals surface area (Å²) in [6.07, 6.45) is 2.80. The second kappa shape index (κ2) is 5.63. The number of halogens is 1. The van der Waals surface area contributed by atoms with E-state index in [-0.39, 0.29) is 5.82 Å². The molecule has 0 heterocycles. The first-order valence-electron chi connectivity index (χ1n) is 7.02. The molecule has 104 valence electrons. The van der Waals surface area contributed by atoms with Crippen molar-refractivity contribution < 1.29 is 9.50 Å². The average molecular weight is 271 g/mol. The van der Waals surface area contributed by atoms with Crippen LogP contribution in [0, 0.1) is 5.82 Å². The Hall–Kier alpha value is -1.87. The topological polar surface area (TPSA) is 32.3 Å². The Labute approximate surface area is 118 Å². The summed E-state index contributed by atoms with van der Waals surface area (Å²) in [6.45, 7) is 0.305. The molecular weight excluding hydrogens is 253 g/mol. The number of fused-ring (bicyclic) bond motifs is 1. The number of hydrogen-bond donors (Lipinski definition) is 2. The number of nitrogens with one attached hydrogen (secondary N) is 1. The molecule has 0 amide bonds. The van der Waals surface area contributed by atoms with Crippen molar-refractivity contribution in [2.45, 2.75) is 25.4 Å². The number of anilines is 1. The number of aryl methyl sites for hydroxylation is 2. The van der Waals surface area contributed by atoms with Crippen molar-refractivity contribution in [2.24, 2.45) is 0 Å². The maximum absolute atomic E-state index is 13.5. The van der Waals surface area contributed by atoms with Gasteiger partial charge in [0, 0.05) is 6.54 Å². The van der Waals surface area contributed by atoms with Crippen LogP contribution in [0.1, 0.15) is 29.2 Å². The van der Waals surface area contributed by atoms with Gasteiger partial charge in [0.2, 0.25) is 0 Å². The van der Waals surface area contributed by atoms with E-state index in [9.17, 15) is 9.50 Å². The van der Waals surface area contributed by atoms with E-state index >= 15 is 0 Å². The van der Waals surface area contributed by atoms with Gasteiger partial charge in [-0.15, -0.1) is 0 Å². The second-order valence-electron chi connectivity index (χ2n) is 5.26. The van der Waals surface area contributed by atoms with Crippen LogP contribution < -0.4 is 5.32 Å².